The van der Waals surface area contributed by atoms with E-state index in [2.05, 4.69) is 20.3 Å². The number of aromatic nitrogens is 3. The summed E-state index contributed by atoms with van der Waals surface area (Å²) >= 11 is 1.45. The zero-order valence-electron chi connectivity index (χ0n) is 17.9. The number of amides is 2. The minimum atomic E-state index is -0.844. The first-order valence-electron chi connectivity index (χ1n) is 11.0. The molecule has 2 amide bonds. The maximum Gasteiger partial charge on any atom is 0.279 e. The summed E-state index contributed by atoms with van der Waals surface area (Å²) in [5.74, 6) is -0.602. The van der Waals surface area contributed by atoms with Crippen molar-refractivity contribution in [1.29, 1.82) is 0 Å². The quantitative estimate of drug-likeness (QED) is 0.459. The molecule has 1 atom stereocenters. The highest BCUT2D eigenvalue weighted by Gasteiger charge is 2.36. The van der Waals surface area contributed by atoms with Crippen molar-refractivity contribution in [2.24, 2.45) is 0 Å². The van der Waals surface area contributed by atoms with Crippen molar-refractivity contribution in [3.63, 3.8) is 0 Å². The van der Waals surface area contributed by atoms with Gasteiger partial charge in [0.25, 0.3) is 5.91 Å². The zero-order valence-corrected chi connectivity index (χ0v) is 18.7. The van der Waals surface area contributed by atoms with Gasteiger partial charge in [0.15, 0.2) is 6.04 Å². The lowest BCUT2D eigenvalue weighted by molar-refractivity contribution is -0.123. The van der Waals surface area contributed by atoms with Crippen LogP contribution in [-0.2, 0) is 4.79 Å². The maximum absolute atomic E-state index is 13.8. The Labute approximate surface area is 195 Å². The molecule has 8 heteroatoms. The molecule has 4 aromatic rings. The lowest BCUT2D eigenvalue weighted by atomic mass is 10.1. The molecule has 3 aromatic heterocycles. The Hall–Kier alpha value is -3.65. The number of benzene rings is 1. The molecule has 0 bridgehead atoms. The van der Waals surface area contributed by atoms with Crippen molar-refractivity contribution in [3.8, 4) is 0 Å². The summed E-state index contributed by atoms with van der Waals surface area (Å²) in [5.41, 5.74) is 1.52. The number of pyridine rings is 1. The van der Waals surface area contributed by atoms with Gasteiger partial charge >= 0.3 is 0 Å². The number of fused-ring (bicyclic) bond motifs is 1. The number of hydrogen-bond donors (Lipinski definition) is 1. The largest absolute Gasteiger partial charge is 0.351 e. The monoisotopic (exact) mass is 457 g/mol. The van der Waals surface area contributed by atoms with E-state index in [4.69, 9.17) is 0 Å². The fourth-order valence-electron chi connectivity index (χ4n) is 4.28. The Morgan fingerprint density at radius 2 is 1.88 bits per heavy atom. The van der Waals surface area contributed by atoms with Crippen LogP contribution in [0.1, 0.15) is 47.1 Å². The molecule has 1 aromatic carbocycles. The average Bonchev–Trinajstić information content (AvgIpc) is 3.57. The van der Waals surface area contributed by atoms with Crippen LogP contribution in [0.2, 0.25) is 0 Å². The second-order valence-corrected chi connectivity index (χ2v) is 9.04. The van der Waals surface area contributed by atoms with E-state index in [9.17, 15) is 9.59 Å². The molecule has 33 heavy (non-hydrogen) atoms. The van der Waals surface area contributed by atoms with Crippen LogP contribution >= 0.6 is 11.3 Å². The van der Waals surface area contributed by atoms with E-state index in [0.717, 1.165) is 41.5 Å². The first-order valence-corrected chi connectivity index (χ1v) is 11.9. The number of para-hydroxylation sites is 1. The minimum Gasteiger partial charge on any atom is -0.351 e. The fourth-order valence-corrected chi connectivity index (χ4v) is 5.09. The standard InChI is InChI=1S/C25H23N5O2S/c31-24(29-18-7-2-3-8-18)23(22-10-5-13-33-22)30(25(32)21-16-26-11-12-27-21)19-14-17-6-1-4-9-20(17)28-15-19/h1,4-6,9-16,18,23H,2-3,7-8H2,(H,29,31)/t23-/m1/s1. The van der Waals surface area contributed by atoms with Crippen molar-refractivity contribution in [2.45, 2.75) is 37.8 Å². The molecule has 1 aliphatic carbocycles. The maximum atomic E-state index is 13.8. The van der Waals surface area contributed by atoms with Crippen LogP contribution in [0.5, 0.6) is 0 Å². The van der Waals surface area contributed by atoms with Gasteiger partial charge in [0.2, 0.25) is 5.91 Å². The highest BCUT2D eigenvalue weighted by atomic mass is 32.1. The summed E-state index contributed by atoms with van der Waals surface area (Å²) in [6, 6.07) is 12.6. The van der Waals surface area contributed by atoms with E-state index in [1.165, 1.54) is 34.8 Å². The van der Waals surface area contributed by atoms with Gasteiger partial charge in [-0.15, -0.1) is 11.3 Å². The summed E-state index contributed by atoms with van der Waals surface area (Å²) < 4.78 is 0. The Kier molecular flexibility index (Phi) is 6.08. The number of anilines is 1. The second-order valence-electron chi connectivity index (χ2n) is 8.06. The summed E-state index contributed by atoms with van der Waals surface area (Å²) in [6.07, 6.45) is 10.2. The number of thiophene rings is 1. The van der Waals surface area contributed by atoms with Gasteiger partial charge in [0.05, 0.1) is 23.6 Å². The van der Waals surface area contributed by atoms with E-state index >= 15 is 0 Å². The van der Waals surface area contributed by atoms with Crippen LogP contribution in [-0.4, -0.2) is 32.8 Å². The molecule has 0 saturated heterocycles. The first-order chi connectivity index (χ1) is 16.2. The van der Waals surface area contributed by atoms with Crippen molar-refractivity contribution in [3.05, 3.63) is 83.2 Å². The highest BCUT2D eigenvalue weighted by Crippen LogP contribution is 2.33. The zero-order chi connectivity index (χ0) is 22.6. The van der Waals surface area contributed by atoms with Gasteiger partial charge in [-0.2, -0.15) is 0 Å². The highest BCUT2D eigenvalue weighted by molar-refractivity contribution is 7.10. The van der Waals surface area contributed by atoms with Gasteiger partial charge in [-0.05, 0) is 36.4 Å². The minimum absolute atomic E-state index is 0.128. The summed E-state index contributed by atoms with van der Waals surface area (Å²) in [7, 11) is 0. The predicted molar refractivity (Wildman–Crippen MR) is 128 cm³/mol. The van der Waals surface area contributed by atoms with Crippen LogP contribution < -0.4 is 10.2 Å². The van der Waals surface area contributed by atoms with Gasteiger partial charge in [-0.25, -0.2) is 4.98 Å². The third-order valence-electron chi connectivity index (χ3n) is 5.88. The van der Waals surface area contributed by atoms with Crippen LogP contribution in [0.4, 0.5) is 5.69 Å². The predicted octanol–water partition coefficient (Wildman–Crippen LogP) is 4.53. The molecule has 1 saturated carbocycles. The molecular weight excluding hydrogens is 434 g/mol. The van der Waals surface area contributed by atoms with Crippen LogP contribution in [0.15, 0.2) is 72.6 Å². The Morgan fingerprint density at radius 1 is 1.03 bits per heavy atom. The van der Waals surface area contributed by atoms with Gasteiger partial charge in [-0.1, -0.05) is 37.1 Å². The molecule has 1 N–H and O–H groups in total. The number of carbonyl (C=O) groups excluding carboxylic acids is 2. The lowest BCUT2D eigenvalue weighted by Crippen LogP contribution is -2.46. The summed E-state index contributed by atoms with van der Waals surface area (Å²) in [5, 5.41) is 5.97. The molecular formula is C25H23N5O2S. The van der Waals surface area contributed by atoms with Crippen molar-refractivity contribution >= 4 is 39.7 Å². The Bertz CT molecular complexity index is 1260. The number of nitrogens with one attached hydrogen (secondary N) is 1. The summed E-state index contributed by atoms with van der Waals surface area (Å²) in [6.45, 7) is 0. The molecule has 166 valence electrons. The van der Waals surface area contributed by atoms with Crippen LogP contribution in [0.25, 0.3) is 10.9 Å². The molecule has 0 unspecified atom stereocenters. The van der Waals surface area contributed by atoms with Crippen molar-refractivity contribution in [2.75, 3.05) is 4.90 Å². The number of rotatable bonds is 6. The number of nitrogens with zero attached hydrogens (tertiary/aromatic N) is 4. The van der Waals surface area contributed by atoms with E-state index in [1.54, 1.807) is 6.20 Å². The smallest absolute Gasteiger partial charge is 0.279 e. The fraction of sp³-hybridized carbons (Fsp3) is 0.240. The van der Waals surface area contributed by atoms with Gasteiger partial charge in [-0.3, -0.25) is 24.5 Å². The normalized spacial score (nSPS) is 14.8. The Morgan fingerprint density at radius 3 is 2.64 bits per heavy atom. The summed E-state index contributed by atoms with van der Waals surface area (Å²) in [4.78, 5) is 42.5. The molecule has 0 aliphatic heterocycles. The Balaban J connectivity index is 1.62. The van der Waals surface area contributed by atoms with Gasteiger partial charge < -0.3 is 5.32 Å². The van der Waals surface area contributed by atoms with Crippen LogP contribution in [0.3, 0.4) is 0 Å². The van der Waals surface area contributed by atoms with E-state index in [-0.39, 0.29) is 17.6 Å². The third-order valence-corrected chi connectivity index (χ3v) is 6.80. The molecule has 1 fully saturated rings. The third kappa shape index (κ3) is 4.47. The molecule has 7 nitrogen and oxygen atoms in total. The van der Waals surface area contributed by atoms with Crippen molar-refractivity contribution in [1.82, 2.24) is 20.3 Å². The van der Waals surface area contributed by atoms with E-state index in [0.29, 0.717) is 5.69 Å². The van der Waals surface area contributed by atoms with Gasteiger partial charge in [0, 0.05) is 28.7 Å². The van der Waals surface area contributed by atoms with E-state index in [1.807, 2.05) is 47.8 Å². The van der Waals surface area contributed by atoms with E-state index < -0.39 is 11.9 Å². The molecule has 3 heterocycles. The average molecular weight is 458 g/mol. The lowest BCUT2D eigenvalue weighted by Gasteiger charge is -2.31. The first kappa shape index (κ1) is 21.2. The molecule has 1 aliphatic rings. The molecule has 5 rings (SSSR count). The second kappa shape index (κ2) is 9.46. The van der Waals surface area contributed by atoms with Crippen LogP contribution in [0, 0.1) is 0 Å². The van der Waals surface area contributed by atoms with Gasteiger partial charge in [0.1, 0.15) is 5.69 Å². The number of carbonyl (C=O) groups is 2. The number of hydrogen-bond acceptors (Lipinski definition) is 6. The SMILES string of the molecule is O=C(NC1CCCC1)[C@@H](c1cccs1)N(C(=O)c1cnccn1)c1cnc2ccccc2c1. The van der Waals surface area contributed by atoms with Crippen molar-refractivity contribution < 1.29 is 9.59 Å². The topological polar surface area (TPSA) is 88.1 Å². The molecule has 0 radical (unpaired) electrons. The molecule has 0 spiro atoms.